The summed E-state index contributed by atoms with van der Waals surface area (Å²) < 4.78 is 39.7. The van der Waals surface area contributed by atoms with E-state index in [4.69, 9.17) is 0 Å². The molecule has 156 valence electrons. The van der Waals surface area contributed by atoms with Gasteiger partial charge in [-0.05, 0) is 49.7 Å². The zero-order chi connectivity index (χ0) is 21.9. The highest BCUT2D eigenvalue weighted by Gasteiger charge is 2.30. The number of carbonyl (C=O) groups is 1. The summed E-state index contributed by atoms with van der Waals surface area (Å²) in [7, 11) is 0. The van der Waals surface area contributed by atoms with Crippen LogP contribution in [0.3, 0.4) is 0 Å². The number of alkyl halides is 3. The Labute approximate surface area is 170 Å². The molecule has 0 spiro atoms. The second kappa shape index (κ2) is 8.40. The van der Waals surface area contributed by atoms with Crippen molar-refractivity contribution in [1.82, 2.24) is 9.55 Å². The fraction of sp³-hybridized carbons (Fsp3) is 0.190. The number of aryl methyl sites for hydroxylation is 2. The zero-order valence-electron chi connectivity index (χ0n) is 16.2. The molecular formula is C21H19F3N4O2. The molecule has 3 rings (SSSR count). The van der Waals surface area contributed by atoms with Crippen molar-refractivity contribution in [2.75, 3.05) is 10.6 Å². The van der Waals surface area contributed by atoms with Crippen LogP contribution >= 0.6 is 0 Å². The molecular weight excluding hydrogens is 397 g/mol. The Morgan fingerprint density at radius 3 is 2.43 bits per heavy atom. The first-order valence-corrected chi connectivity index (χ1v) is 9.01. The third kappa shape index (κ3) is 5.25. The van der Waals surface area contributed by atoms with Gasteiger partial charge in [-0.15, -0.1) is 0 Å². The van der Waals surface area contributed by atoms with Gasteiger partial charge in [0.15, 0.2) is 0 Å². The highest BCUT2D eigenvalue weighted by Crippen LogP contribution is 2.30. The molecule has 0 radical (unpaired) electrons. The van der Waals surface area contributed by atoms with Crippen molar-refractivity contribution in [2.24, 2.45) is 0 Å². The van der Waals surface area contributed by atoms with Gasteiger partial charge >= 0.3 is 6.18 Å². The van der Waals surface area contributed by atoms with Crippen LogP contribution in [0.4, 0.5) is 30.5 Å². The number of hydrogen-bond acceptors (Lipinski definition) is 4. The van der Waals surface area contributed by atoms with Gasteiger partial charge in [0.1, 0.15) is 6.54 Å². The van der Waals surface area contributed by atoms with E-state index in [2.05, 4.69) is 15.6 Å². The van der Waals surface area contributed by atoms with Crippen molar-refractivity contribution in [3.8, 4) is 0 Å². The normalized spacial score (nSPS) is 11.2. The summed E-state index contributed by atoms with van der Waals surface area (Å²) in [4.78, 5) is 29.2. The predicted molar refractivity (Wildman–Crippen MR) is 108 cm³/mol. The second-order valence-electron chi connectivity index (χ2n) is 6.77. The Kier molecular flexibility index (Phi) is 5.91. The van der Waals surface area contributed by atoms with Crippen molar-refractivity contribution >= 4 is 23.2 Å². The molecule has 0 saturated carbocycles. The van der Waals surface area contributed by atoms with Crippen LogP contribution < -0.4 is 16.2 Å². The summed E-state index contributed by atoms with van der Waals surface area (Å²) in [6.07, 6.45) is -4.52. The minimum Gasteiger partial charge on any atom is -0.326 e. The molecule has 1 heterocycles. The van der Waals surface area contributed by atoms with Gasteiger partial charge < -0.3 is 10.6 Å². The van der Waals surface area contributed by atoms with Gasteiger partial charge in [-0.2, -0.15) is 13.2 Å². The summed E-state index contributed by atoms with van der Waals surface area (Å²) in [5.41, 5.74) is 0.775. The summed E-state index contributed by atoms with van der Waals surface area (Å²) in [6, 6.07) is 12.9. The Morgan fingerprint density at radius 1 is 1.03 bits per heavy atom. The van der Waals surface area contributed by atoms with Crippen molar-refractivity contribution in [3.05, 3.63) is 81.8 Å². The van der Waals surface area contributed by atoms with Gasteiger partial charge in [-0.3, -0.25) is 14.2 Å². The van der Waals surface area contributed by atoms with Gasteiger partial charge in [0, 0.05) is 23.1 Å². The number of carbonyl (C=O) groups excluding carboxylic acids is 1. The third-order valence-electron chi connectivity index (χ3n) is 4.19. The van der Waals surface area contributed by atoms with Crippen LogP contribution in [-0.4, -0.2) is 15.5 Å². The fourth-order valence-electron chi connectivity index (χ4n) is 2.84. The monoisotopic (exact) mass is 416 g/mol. The van der Waals surface area contributed by atoms with Crippen LogP contribution in [0.1, 0.15) is 16.8 Å². The molecule has 0 bridgehead atoms. The summed E-state index contributed by atoms with van der Waals surface area (Å²) in [5.74, 6) is -0.501. The lowest BCUT2D eigenvalue weighted by Gasteiger charge is -2.15. The number of benzene rings is 2. The van der Waals surface area contributed by atoms with Gasteiger partial charge in [-0.1, -0.05) is 18.2 Å². The fourth-order valence-corrected chi connectivity index (χ4v) is 2.84. The Bertz CT molecular complexity index is 1140. The van der Waals surface area contributed by atoms with Crippen molar-refractivity contribution in [3.63, 3.8) is 0 Å². The lowest BCUT2D eigenvalue weighted by atomic mass is 10.2. The van der Waals surface area contributed by atoms with E-state index >= 15 is 0 Å². The maximum Gasteiger partial charge on any atom is 0.416 e. The molecule has 1 amide bonds. The number of hydrogen-bond donors (Lipinski definition) is 2. The Morgan fingerprint density at radius 2 is 1.73 bits per heavy atom. The summed E-state index contributed by atoms with van der Waals surface area (Å²) in [6.45, 7) is 3.14. The maximum absolute atomic E-state index is 12.9. The van der Waals surface area contributed by atoms with Gasteiger partial charge in [0.05, 0.1) is 5.56 Å². The average molecular weight is 416 g/mol. The topological polar surface area (TPSA) is 76.0 Å². The molecule has 0 saturated heterocycles. The van der Waals surface area contributed by atoms with Crippen LogP contribution in [0.5, 0.6) is 0 Å². The molecule has 0 aliphatic rings. The number of halogens is 3. The van der Waals surface area contributed by atoms with E-state index in [9.17, 15) is 22.8 Å². The van der Waals surface area contributed by atoms with Crippen LogP contribution in [0, 0.1) is 13.8 Å². The van der Waals surface area contributed by atoms with E-state index < -0.39 is 29.8 Å². The highest BCUT2D eigenvalue weighted by molar-refractivity contribution is 5.90. The van der Waals surface area contributed by atoms with Gasteiger partial charge in [-0.25, -0.2) is 4.98 Å². The molecule has 0 aliphatic carbocycles. The number of nitrogens with one attached hydrogen (secondary N) is 2. The number of anilines is 3. The SMILES string of the molecule is Cc1cccc(Nc2nc(C)cc(=O)n2CC(=O)Nc2cccc(C(F)(F)F)c2)c1. The van der Waals surface area contributed by atoms with Gasteiger partial charge in [0.2, 0.25) is 11.9 Å². The van der Waals surface area contributed by atoms with Crippen LogP contribution in [-0.2, 0) is 17.5 Å². The molecule has 2 aromatic carbocycles. The largest absolute Gasteiger partial charge is 0.416 e. The Balaban J connectivity index is 1.84. The lowest BCUT2D eigenvalue weighted by molar-refractivity contribution is -0.137. The minimum absolute atomic E-state index is 0.0175. The van der Waals surface area contributed by atoms with E-state index in [1.54, 1.807) is 13.0 Å². The van der Waals surface area contributed by atoms with Crippen molar-refractivity contribution in [2.45, 2.75) is 26.6 Å². The molecule has 2 N–H and O–H groups in total. The molecule has 9 heteroatoms. The lowest BCUT2D eigenvalue weighted by Crippen LogP contribution is -2.30. The molecule has 30 heavy (non-hydrogen) atoms. The molecule has 0 fully saturated rings. The molecule has 0 atom stereocenters. The minimum atomic E-state index is -4.52. The zero-order valence-corrected chi connectivity index (χ0v) is 16.2. The van der Waals surface area contributed by atoms with Gasteiger partial charge in [0.25, 0.3) is 5.56 Å². The standard InChI is InChI=1S/C21H19F3N4O2/c1-13-5-3-7-16(9-13)27-20-25-14(2)10-19(30)28(20)12-18(29)26-17-8-4-6-15(11-17)21(22,23)24/h3-11H,12H2,1-2H3,(H,25,27)(H,26,29). The molecule has 0 aliphatic heterocycles. The highest BCUT2D eigenvalue weighted by atomic mass is 19.4. The van der Waals surface area contributed by atoms with Crippen molar-refractivity contribution in [1.29, 1.82) is 0 Å². The van der Waals surface area contributed by atoms with Crippen LogP contribution in [0.15, 0.2) is 59.4 Å². The second-order valence-corrected chi connectivity index (χ2v) is 6.77. The quantitative estimate of drug-likeness (QED) is 0.652. The summed E-state index contributed by atoms with van der Waals surface area (Å²) >= 11 is 0. The predicted octanol–water partition coefficient (Wildman–Crippen LogP) is 4.26. The first-order chi connectivity index (χ1) is 14.1. The van der Waals surface area contributed by atoms with Crippen LogP contribution in [0.2, 0.25) is 0 Å². The number of aromatic nitrogens is 2. The van der Waals surface area contributed by atoms with E-state index in [1.807, 2.05) is 25.1 Å². The smallest absolute Gasteiger partial charge is 0.326 e. The van der Waals surface area contributed by atoms with E-state index in [-0.39, 0.29) is 11.6 Å². The number of rotatable bonds is 5. The number of amides is 1. The molecule has 6 nitrogen and oxygen atoms in total. The molecule has 1 aromatic heterocycles. The molecule has 0 unspecified atom stereocenters. The van der Waals surface area contributed by atoms with E-state index in [0.29, 0.717) is 11.4 Å². The number of nitrogens with zero attached hydrogens (tertiary/aromatic N) is 2. The van der Waals surface area contributed by atoms with E-state index in [0.717, 1.165) is 22.3 Å². The average Bonchev–Trinajstić information content (AvgIpc) is 2.64. The maximum atomic E-state index is 12.9. The Hall–Kier alpha value is -3.62. The first-order valence-electron chi connectivity index (χ1n) is 9.01. The molecule has 3 aromatic rings. The third-order valence-corrected chi connectivity index (χ3v) is 4.19. The van der Waals surface area contributed by atoms with Crippen LogP contribution in [0.25, 0.3) is 0 Å². The van der Waals surface area contributed by atoms with E-state index in [1.165, 1.54) is 18.2 Å². The van der Waals surface area contributed by atoms with Crippen molar-refractivity contribution < 1.29 is 18.0 Å². The first kappa shape index (κ1) is 21.1. The summed E-state index contributed by atoms with van der Waals surface area (Å²) in [5, 5.41) is 5.41.